The van der Waals surface area contributed by atoms with Crippen LogP contribution < -0.4 is 0 Å². The summed E-state index contributed by atoms with van der Waals surface area (Å²) in [7, 11) is 1.83. The van der Waals surface area contributed by atoms with Gasteiger partial charge in [0.2, 0.25) is 5.78 Å². The van der Waals surface area contributed by atoms with Crippen LogP contribution in [0.2, 0.25) is 0 Å². The van der Waals surface area contributed by atoms with Crippen molar-refractivity contribution in [1.82, 2.24) is 9.78 Å². The van der Waals surface area contributed by atoms with Gasteiger partial charge in [-0.3, -0.25) is 9.48 Å². The first kappa shape index (κ1) is 11.0. The van der Waals surface area contributed by atoms with E-state index in [0.29, 0.717) is 5.69 Å². The number of thiophene rings is 1. The summed E-state index contributed by atoms with van der Waals surface area (Å²) in [4.78, 5) is 14.4. The molecule has 5 heteroatoms. The van der Waals surface area contributed by atoms with E-state index in [1.165, 1.54) is 16.2 Å². The van der Waals surface area contributed by atoms with Crippen LogP contribution in [0.4, 0.5) is 0 Å². The number of ketones is 1. The second-order valence-electron chi connectivity index (χ2n) is 4.07. The van der Waals surface area contributed by atoms with E-state index < -0.39 is 0 Å². The Morgan fingerprint density at radius 1 is 1.53 bits per heavy atom. The fourth-order valence-corrected chi connectivity index (χ4v) is 4.24. The van der Waals surface area contributed by atoms with Crippen LogP contribution in [0.15, 0.2) is 18.3 Å². The van der Waals surface area contributed by atoms with Gasteiger partial charge in [-0.2, -0.15) is 16.9 Å². The third-order valence-corrected chi connectivity index (χ3v) is 5.04. The maximum atomic E-state index is 12.2. The molecule has 0 radical (unpaired) electrons. The predicted molar refractivity (Wildman–Crippen MR) is 70.8 cm³/mol. The van der Waals surface area contributed by atoms with Crippen LogP contribution in [0.1, 0.15) is 25.8 Å². The van der Waals surface area contributed by atoms with E-state index in [-0.39, 0.29) is 5.78 Å². The monoisotopic (exact) mass is 264 g/mol. The molecule has 3 rings (SSSR count). The molecular weight excluding hydrogens is 252 g/mol. The maximum absolute atomic E-state index is 12.2. The molecule has 0 N–H and O–H groups in total. The summed E-state index contributed by atoms with van der Waals surface area (Å²) < 4.78 is 1.66. The first-order valence-electron chi connectivity index (χ1n) is 5.48. The molecule has 0 saturated heterocycles. The van der Waals surface area contributed by atoms with Crippen LogP contribution in [0.3, 0.4) is 0 Å². The number of thioether (sulfide) groups is 1. The molecule has 2 aromatic heterocycles. The zero-order chi connectivity index (χ0) is 11.8. The lowest BCUT2D eigenvalue weighted by atomic mass is 10.2. The van der Waals surface area contributed by atoms with E-state index in [9.17, 15) is 4.79 Å². The van der Waals surface area contributed by atoms with E-state index in [1.54, 1.807) is 28.3 Å². The molecule has 0 spiro atoms. The Morgan fingerprint density at radius 2 is 2.41 bits per heavy atom. The van der Waals surface area contributed by atoms with E-state index in [0.717, 1.165) is 17.1 Å². The molecule has 0 fully saturated rings. The molecular formula is C12H12N2OS2. The van der Waals surface area contributed by atoms with Crippen molar-refractivity contribution in [1.29, 1.82) is 0 Å². The summed E-state index contributed by atoms with van der Waals surface area (Å²) in [6.07, 6.45) is 2.90. The van der Waals surface area contributed by atoms with Crippen LogP contribution >= 0.6 is 23.1 Å². The normalized spacial score (nSPS) is 14.6. The Hall–Kier alpha value is -1.07. The minimum Gasteiger partial charge on any atom is -0.286 e. The van der Waals surface area contributed by atoms with Crippen molar-refractivity contribution in [3.8, 4) is 0 Å². The molecule has 17 heavy (non-hydrogen) atoms. The Labute approximate surface area is 108 Å². The standard InChI is InChI=1S/C12H12N2OS2/c1-14-4-2-9(13-14)12(15)11-6-8-7-16-5-3-10(8)17-11/h2,4,6H,3,5,7H2,1H3. The molecule has 0 unspecified atom stereocenters. The zero-order valence-corrected chi connectivity index (χ0v) is 11.1. The SMILES string of the molecule is Cn1ccc(C(=O)c2cc3c(s2)CCSC3)n1. The van der Waals surface area contributed by atoms with E-state index in [2.05, 4.69) is 5.10 Å². The Morgan fingerprint density at radius 3 is 3.12 bits per heavy atom. The van der Waals surface area contributed by atoms with Gasteiger partial charge in [-0.05, 0) is 29.9 Å². The second kappa shape index (κ2) is 4.31. The van der Waals surface area contributed by atoms with Gasteiger partial charge in [-0.25, -0.2) is 0 Å². The van der Waals surface area contributed by atoms with Crippen LogP contribution in [-0.4, -0.2) is 21.3 Å². The van der Waals surface area contributed by atoms with Gasteiger partial charge in [0.1, 0.15) is 5.69 Å². The number of fused-ring (bicyclic) bond motifs is 1. The lowest BCUT2D eigenvalue weighted by molar-refractivity contribution is 0.103. The number of nitrogens with zero attached hydrogens (tertiary/aromatic N) is 2. The van der Waals surface area contributed by atoms with Gasteiger partial charge in [0.05, 0.1) is 4.88 Å². The number of rotatable bonds is 2. The fraction of sp³-hybridized carbons (Fsp3) is 0.333. The van der Waals surface area contributed by atoms with E-state index in [1.807, 2.05) is 24.9 Å². The highest BCUT2D eigenvalue weighted by atomic mass is 32.2. The molecule has 0 aliphatic carbocycles. The molecule has 0 bridgehead atoms. The largest absolute Gasteiger partial charge is 0.286 e. The topological polar surface area (TPSA) is 34.9 Å². The van der Waals surface area contributed by atoms with Gasteiger partial charge in [0.25, 0.3) is 0 Å². The van der Waals surface area contributed by atoms with E-state index >= 15 is 0 Å². The van der Waals surface area contributed by atoms with E-state index in [4.69, 9.17) is 0 Å². The minimum absolute atomic E-state index is 0.0509. The smallest absolute Gasteiger partial charge is 0.223 e. The third kappa shape index (κ3) is 2.05. The molecule has 2 aromatic rings. The highest BCUT2D eigenvalue weighted by Gasteiger charge is 2.19. The van der Waals surface area contributed by atoms with Crippen molar-refractivity contribution in [2.24, 2.45) is 7.05 Å². The molecule has 1 aliphatic rings. The second-order valence-corrected chi connectivity index (χ2v) is 6.31. The van der Waals surface area contributed by atoms with Crippen LogP contribution in [-0.2, 0) is 19.2 Å². The van der Waals surface area contributed by atoms with Crippen LogP contribution in [0.25, 0.3) is 0 Å². The van der Waals surface area contributed by atoms with Crippen molar-refractivity contribution < 1.29 is 4.79 Å². The van der Waals surface area contributed by atoms with Crippen molar-refractivity contribution in [2.45, 2.75) is 12.2 Å². The molecule has 0 atom stereocenters. The predicted octanol–water partition coefficient (Wildman–Crippen LogP) is 2.50. The van der Waals surface area contributed by atoms with Gasteiger partial charge < -0.3 is 0 Å². The van der Waals surface area contributed by atoms with Crippen molar-refractivity contribution >= 4 is 28.9 Å². The average Bonchev–Trinajstić information content (AvgIpc) is 2.93. The molecule has 0 aromatic carbocycles. The highest BCUT2D eigenvalue weighted by molar-refractivity contribution is 7.98. The number of aryl methyl sites for hydroxylation is 2. The Bertz CT molecular complexity index is 547. The van der Waals surface area contributed by atoms with Gasteiger partial charge in [-0.1, -0.05) is 0 Å². The van der Waals surface area contributed by atoms with Crippen LogP contribution in [0.5, 0.6) is 0 Å². The van der Waals surface area contributed by atoms with Gasteiger partial charge >= 0.3 is 0 Å². The Balaban J connectivity index is 1.94. The van der Waals surface area contributed by atoms with Crippen molar-refractivity contribution in [3.63, 3.8) is 0 Å². The summed E-state index contributed by atoms with van der Waals surface area (Å²) in [5.74, 6) is 2.27. The lowest BCUT2D eigenvalue weighted by Crippen LogP contribution is -2.01. The minimum atomic E-state index is 0.0509. The molecule has 3 nitrogen and oxygen atoms in total. The summed E-state index contributed by atoms with van der Waals surface area (Å²) in [6.45, 7) is 0. The number of carbonyl (C=O) groups is 1. The summed E-state index contributed by atoms with van der Waals surface area (Å²) in [5, 5.41) is 4.16. The first-order valence-corrected chi connectivity index (χ1v) is 7.45. The quantitative estimate of drug-likeness (QED) is 0.782. The highest BCUT2D eigenvalue weighted by Crippen LogP contribution is 2.32. The number of carbonyl (C=O) groups excluding carboxylic acids is 1. The first-order chi connectivity index (χ1) is 8.24. The summed E-state index contributed by atoms with van der Waals surface area (Å²) in [6, 6.07) is 3.82. The number of hydrogen-bond donors (Lipinski definition) is 0. The molecule has 0 amide bonds. The Kier molecular flexibility index (Phi) is 2.80. The zero-order valence-electron chi connectivity index (χ0n) is 9.47. The molecule has 3 heterocycles. The summed E-state index contributed by atoms with van der Waals surface area (Å²) in [5.41, 5.74) is 1.88. The van der Waals surface area contributed by atoms with Gasteiger partial charge in [0, 0.05) is 23.9 Å². The van der Waals surface area contributed by atoms with Crippen molar-refractivity contribution in [2.75, 3.05) is 5.75 Å². The number of hydrogen-bond acceptors (Lipinski definition) is 4. The maximum Gasteiger partial charge on any atom is 0.223 e. The third-order valence-electron chi connectivity index (χ3n) is 2.80. The number of aromatic nitrogens is 2. The molecule has 1 aliphatic heterocycles. The van der Waals surface area contributed by atoms with Gasteiger partial charge in [0.15, 0.2) is 0 Å². The molecule has 0 saturated carbocycles. The average molecular weight is 264 g/mol. The van der Waals surface area contributed by atoms with Crippen molar-refractivity contribution in [3.05, 3.63) is 39.3 Å². The lowest BCUT2D eigenvalue weighted by Gasteiger charge is -2.08. The molecule has 88 valence electrons. The fourth-order valence-electron chi connectivity index (χ4n) is 1.92. The summed E-state index contributed by atoms with van der Waals surface area (Å²) >= 11 is 3.57. The van der Waals surface area contributed by atoms with Gasteiger partial charge in [-0.15, -0.1) is 11.3 Å². The van der Waals surface area contributed by atoms with Crippen LogP contribution in [0, 0.1) is 0 Å².